The second kappa shape index (κ2) is 10.3. The Labute approximate surface area is 206 Å². The van der Waals surface area contributed by atoms with Gasteiger partial charge in [-0.05, 0) is 38.4 Å². The van der Waals surface area contributed by atoms with Crippen LogP contribution in [0.2, 0.25) is 0 Å². The molecule has 0 radical (unpaired) electrons. The zero-order chi connectivity index (χ0) is 26.0. The zero-order valence-electron chi connectivity index (χ0n) is 20.1. The first-order valence-corrected chi connectivity index (χ1v) is 11.2. The molecule has 0 bridgehead atoms. The van der Waals surface area contributed by atoms with Crippen LogP contribution in [0.5, 0.6) is 5.75 Å². The summed E-state index contributed by atoms with van der Waals surface area (Å²) >= 11 is 0. The second-order valence-corrected chi connectivity index (χ2v) is 8.49. The highest BCUT2D eigenvalue weighted by atomic mass is 16.5. The Hall–Kier alpha value is -4.09. The van der Waals surface area contributed by atoms with Gasteiger partial charge in [-0.3, -0.25) is 19.3 Å². The van der Waals surface area contributed by atoms with Crippen molar-refractivity contribution in [3.63, 3.8) is 0 Å². The molecular formula is C25H26N4O7. The van der Waals surface area contributed by atoms with Crippen molar-refractivity contribution in [2.75, 3.05) is 27.8 Å². The lowest BCUT2D eigenvalue weighted by Gasteiger charge is -2.20. The van der Waals surface area contributed by atoms with E-state index in [0.717, 1.165) is 0 Å². The summed E-state index contributed by atoms with van der Waals surface area (Å²) in [6.45, 7) is -0.496. The van der Waals surface area contributed by atoms with E-state index in [9.17, 15) is 24.6 Å². The van der Waals surface area contributed by atoms with E-state index in [2.05, 4.69) is 15.3 Å². The largest absolute Gasteiger partial charge is 0.510 e. The minimum absolute atomic E-state index is 0.105. The number of carbonyl (C=O) groups is 3. The molecule has 11 heteroatoms. The Bertz CT molecular complexity index is 1400. The van der Waals surface area contributed by atoms with Gasteiger partial charge >= 0.3 is 5.97 Å². The topological polar surface area (TPSA) is 151 Å². The van der Waals surface area contributed by atoms with Crippen molar-refractivity contribution in [3.8, 4) is 5.75 Å². The van der Waals surface area contributed by atoms with E-state index in [4.69, 9.17) is 9.47 Å². The maximum Gasteiger partial charge on any atom is 0.326 e. The first-order valence-electron chi connectivity index (χ1n) is 11.2. The van der Waals surface area contributed by atoms with Gasteiger partial charge in [-0.2, -0.15) is 0 Å². The van der Waals surface area contributed by atoms with Crippen LogP contribution in [0.3, 0.4) is 0 Å². The van der Waals surface area contributed by atoms with Gasteiger partial charge in [0.2, 0.25) is 0 Å². The van der Waals surface area contributed by atoms with Crippen LogP contribution in [0.1, 0.15) is 28.8 Å². The molecule has 36 heavy (non-hydrogen) atoms. The smallest absolute Gasteiger partial charge is 0.326 e. The Morgan fingerprint density at radius 3 is 2.53 bits per heavy atom. The van der Waals surface area contributed by atoms with Crippen LogP contribution in [-0.4, -0.2) is 76.6 Å². The number of hydrogen-bond donors (Lipinski definition) is 3. The average Bonchev–Trinajstić information content (AvgIpc) is 3.17. The number of aromatic nitrogens is 2. The van der Waals surface area contributed by atoms with E-state index < -0.39 is 17.9 Å². The number of Topliss-reactive ketones (excluding diaryl/α,β-unsaturated/α-hetero) is 1. The number of aliphatic hydroxyl groups excluding tert-OH is 2. The minimum Gasteiger partial charge on any atom is -0.510 e. The number of allylic oxidation sites excluding steroid dienone is 2. The summed E-state index contributed by atoms with van der Waals surface area (Å²) < 4.78 is 10.9. The number of benzene rings is 2. The summed E-state index contributed by atoms with van der Waals surface area (Å²) in [5.74, 6) is -1.27. The molecule has 0 aliphatic heterocycles. The molecule has 1 unspecified atom stereocenters. The monoisotopic (exact) mass is 494 g/mol. The first-order chi connectivity index (χ1) is 17.2. The van der Waals surface area contributed by atoms with Gasteiger partial charge in [0.15, 0.2) is 5.78 Å². The molecule has 0 spiro atoms. The van der Waals surface area contributed by atoms with Crippen molar-refractivity contribution in [2.45, 2.75) is 25.5 Å². The normalized spacial score (nSPS) is 14.5. The van der Waals surface area contributed by atoms with Crippen molar-refractivity contribution in [1.29, 1.82) is 0 Å². The molecule has 0 fully saturated rings. The fourth-order valence-electron chi connectivity index (χ4n) is 3.93. The van der Waals surface area contributed by atoms with Gasteiger partial charge in [-0.15, -0.1) is 0 Å². The summed E-state index contributed by atoms with van der Waals surface area (Å²) in [4.78, 5) is 48.3. The molecule has 3 aromatic rings. The number of aliphatic hydroxyl groups is 2. The molecule has 1 atom stereocenters. The molecule has 0 saturated carbocycles. The molecule has 1 heterocycles. The molecule has 188 valence electrons. The number of methoxy groups -OCH3 is 1. The Kier molecular flexibility index (Phi) is 7.13. The summed E-state index contributed by atoms with van der Waals surface area (Å²) in [6.07, 6.45) is 0.326. The quantitative estimate of drug-likeness (QED) is 0.311. The van der Waals surface area contributed by atoms with E-state index in [-0.39, 0.29) is 54.4 Å². The van der Waals surface area contributed by atoms with Crippen LogP contribution >= 0.6 is 0 Å². The number of likely N-dealkylation sites (N-methyl/N-ethyl adjacent to an activating group) is 1. The highest BCUT2D eigenvalue weighted by molar-refractivity contribution is 6.10. The fourth-order valence-corrected chi connectivity index (χ4v) is 3.93. The minimum atomic E-state index is -0.802. The molecule has 11 nitrogen and oxygen atoms in total. The third kappa shape index (κ3) is 4.70. The van der Waals surface area contributed by atoms with Gasteiger partial charge in [0.25, 0.3) is 5.91 Å². The highest BCUT2D eigenvalue weighted by Crippen LogP contribution is 2.29. The third-order valence-electron chi connectivity index (χ3n) is 5.97. The van der Waals surface area contributed by atoms with Gasteiger partial charge in [0, 0.05) is 18.4 Å². The standard InChI is InChI=1S/C25H26N4O7/c1-29(2)16(11-30)25(34)36-12-13-7-10-19(35-3)23-20(13)26-15-6-4-5-14(21(15)27-23)24(33)28-22-17(31)8-9-18(22)32/h4-7,10,16,30-31H,8-9,11-12H2,1-3H3,(H,28,33). The zero-order valence-corrected chi connectivity index (χ0v) is 20.1. The number of para-hydroxylation sites is 1. The lowest BCUT2D eigenvalue weighted by atomic mass is 10.1. The van der Waals surface area contributed by atoms with Crippen LogP contribution in [-0.2, 0) is 20.9 Å². The predicted molar refractivity (Wildman–Crippen MR) is 129 cm³/mol. The number of ketones is 1. The number of esters is 1. The van der Waals surface area contributed by atoms with Crippen molar-refractivity contribution < 1.29 is 34.1 Å². The number of rotatable bonds is 8. The number of hydrogen-bond acceptors (Lipinski definition) is 10. The van der Waals surface area contributed by atoms with Gasteiger partial charge in [-0.25, -0.2) is 9.97 Å². The number of nitrogens with zero attached hydrogens (tertiary/aromatic N) is 3. The molecule has 0 saturated heterocycles. The van der Waals surface area contributed by atoms with E-state index in [1.807, 2.05) is 0 Å². The number of carbonyl (C=O) groups excluding carboxylic acids is 3. The molecule has 1 aliphatic carbocycles. The first kappa shape index (κ1) is 25.0. The van der Waals surface area contributed by atoms with Gasteiger partial charge in [-0.1, -0.05) is 6.07 Å². The summed E-state index contributed by atoms with van der Waals surface area (Å²) in [7, 11) is 4.80. The number of fused-ring (bicyclic) bond motifs is 2. The van der Waals surface area contributed by atoms with Gasteiger partial charge < -0.3 is 25.0 Å². The lowest BCUT2D eigenvalue weighted by Crippen LogP contribution is -2.39. The second-order valence-electron chi connectivity index (χ2n) is 8.49. The number of ether oxygens (including phenoxy) is 2. The van der Waals surface area contributed by atoms with Crippen LogP contribution < -0.4 is 10.1 Å². The SMILES string of the molecule is COc1ccc(COC(=O)C(CO)N(C)C)c2nc3cccc(C(=O)NC4=C(O)CCC4=O)c3nc12. The fraction of sp³-hybridized carbons (Fsp3) is 0.320. The summed E-state index contributed by atoms with van der Waals surface area (Å²) in [5.41, 5.74) is 2.06. The predicted octanol–water partition coefficient (Wildman–Crippen LogP) is 1.62. The molecule has 1 aromatic heterocycles. The Morgan fingerprint density at radius 1 is 1.11 bits per heavy atom. The molecule has 3 N–H and O–H groups in total. The van der Waals surface area contributed by atoms with Crippen LogP contribution in [0.25, 0.3) is 22.1 Å². The summed E-state index contributed by atoms with van der Waals surface area (Å²) in [6, 6.07) is 7.41. The highest BCUT2D eigenvalue weighted by Gasteiger charge is 2.26. The van der Waals surface area contributed by atoms with Crippen molar-refractivity contribution >= 4 is 39.7 Å². The molecular weight excluding hydrogens is 468 g/mol. The molecule has 4 rings (SSSR count). The van der Waals surface area contributed by atoms with Crippen molar-refractivity contribution in [2.24, 2.45) is 0 Å². The maximum atomic E-state index is 13.0. The van der Waals surface area contributed by atoms with E-state index in [1.165, 1.54) is 7.11 Å². The van der Waals surface area contributed by atoms with Crippen molar-refractivity contribution in [3.05, 3.63) is 52.9 Å². The number of amides is 1. The Balaban J connectivity index is 1.73. The van der Waals surface area contributed by atoms with E-state index in [0.29, 0.717) is 27.9 Å². The number of nitrogens with one attached hydrogen (secondary N) is 1. The van der Waals surface area contributed by atoms with Crippen LogP contribution in [0.4, 0.5) is 0 Å². The van der Waals surface area contributed by atoms with Gasteiger partial charge in [0.1, 0.15) is 40.9 Å². The lowest BCUT2D eigenvalue weighted by molar-refractivity contribution is -0.151. The molecule has 2 aromatic carbocycles. The van der Waals surface area contributed by atoms with Crippen molar-refractivity contribution in [1.82, 2.24) is 20.2 Å². The third-order valence-corrected chi connectivity index (χ3v) is 5.97. The van der Waals surface area contributed by atoms with E-state index >= 15 is 0 Å². The van der Waals surface area contributed by atoms with Gasteiger partial charge in [0.05, 0.1) is 30.3 Å². The average molecular weight is 495 g/mol. The molecule has 1 amide bonds. The molecule has 1 aliphatic rings. The van der Waals surface area contributed by atoms with Crippen LogP contribution in [0, 0.1) is 0 Å². The van der Waals surface area contributed by atoms with Crippen LogP contribution in [0.15, 0.2) is 41.8 Å². The van der Waals surface area contributed by atoms with E-state index in [1.54, 1.807) is 49.3 Å². The Morgan fingerprint density at radius 2 is 1.89 bits per heavy atom. The maximum absolute atomic E-state index is 13.0. The summed E-state index contributed by atoms with van der Waals surface area (Å²) in [5, 5.41) is 21.9.